The van der Waals surface area contributed by atoms with Crippen LogP contribution in [0.1, 0.15) is 50.7 Å². The second-order valence-electron chi connectivity index (χ2n) is 7.08. The first-order valence-corrected chi connectivity index (χ1v) is 9.85. The number of hydrogen-bond donors (Lipinski definition) is 2. The number of rotatable bonds is 8. The van der Waals surface area contributed by atoms with Gasteiger partial charge in [0.15, 0.2) is 0 Å². The first-order valence-electron chi connectivity index (χ1n) is 9.85. The highest BCUT2D eigenvalue weighted by Gasteiger charge is 2.42. The standard InChI is InChI=1S/C23H28N2O2/c1-3-24-21(26)13-15-23(16-14-22(27)25-4-2)19-11-7-5-9-17(19)18-10-6-8-12-20(18)23/h5-12H,3-4,13-16H2,1-2H3,(H,24,26)(H,25,27). The smallest absolute Gasteiger partial charge is 0.220 e. The van der Waals surface area contributed by atoms with E-state index in [-0.39, 0.29) is 17.2 Å². The van der Waals surface area contributed by atoms with Crippen LogP contribution in [0.3, 0.4) is 0 Å². The van der Waals surface area contributed by atoms with Gasteiger partial charge in [-0.1, -0.05) is 48.5 Å². The second kappa shape index (κ2) is 8.38. The van der Waals surface area contributed by atoms with Gasteiger partial charge in [0.05, 0.1) is 0 Å². The lowest BCUT2D eigenvalue weighted by atomic mass is 9.71. The van der Waals surface area contributed by atoms with E-state index >= 15 is 0 Å². The van der Waals surface area contributed by atoms with Gasteiger partial charge < -0.3 is 10.6 Å². The van der Waals surface area contributed by atoms with Gasteiger partial charge in [-0.3, -0.25) is 9.59 Å². The van der Waals surface area contributed by atoms with Crippen molar-refractivity contribution in [3.05, 3.63) is 59.7 Å². The summed E-state index contributed by atoms with van der Waals surface area (Å²) in [6.07, 6.45) is 2.30. The van der Waals surface area contributed by atoms with Crippen LogP contribution in [0, 0.1) is 0 Å². The summed E-state index contributed by atoms with van der Waals surface area (Å²) in [5.41, 5.74) is 4.61. The lowest BCUT2D eigenvalue weighted by Gasteiger charge is -2.32. The zero-order chi connectivity index (χ0) is 19.3. The van der Waals surface area contributed by atoms with Gasteiger partial charge in [0, 0.05) is 31.3 Å². The van der Waals surface area contributed by atoms with E-state index in [2.05, 4.69) is 59.2 Å². The Hall–Kier alpha value is -2.62. The lowest BCUT2D eigenvalue weighted by Crippen LogP contribution is -2.32. The van der Waals surface area contributed by atoms with E-state index in [0.717, 1.165) is 0 Å². The van der Waals surface area contributed by atoms with Crippen LogP contribution in [-0.2, 0) is 15.0 Å². The molecule has 0 aromatic heterocycles. The normalized spacial score (nSPS) is 13.6. The number of amides is 2. The molecule has 0 aliphatic heterocycles. The minimum absolute atomic E-state index is 0.0664. The molecule has 0 atom stereocenters. The number of carbonyl (C=O) groups excluding carboxylic acids is 2. The molecule has 1 aliphatic carbocycles. The molecule has 1 aliphatic rings. The van der Waals surface area contributed by atoms with Crippen LogP contribution in [0.5, 0.6) is 0 Å². The zero-order valence-corrected chi connectivity index (χ0v) is 16.2. The summed E-state index contributed by atoms with van der Waals surface area (Å²) in [6, 6.07) is 16.8. The molecule has 4 heteroatoms. The van der Waals surface area contributed by atoms with Gasteiger partial charge in [0.1, 0.15) is 0 Å². The Balaban J connectivity index is 2.00. The van der Waals surface area contributed by atoms with E-state index in [4.69, 9.17) is 0 Å². The average molecular weight is 364 g/mol. The summed E-state index contributed by atoms with van der Waals surface area (Å²) < 4.78 is 0. The molecule has 0 heterocycles. The van der Waals surface area contributed by atoms with E-state index in [0.29, 0.717) is 38.8 Å². The fraction of sp³-hybridized carbons (Fsp3) is 0.391. The molecule has 0 spiro atoms. The largest absolute Gasteiger partial charge is 0.356 e. The molecule has 0 saturated heterocycles. The summed E-state index contributed by atoms with van der Waals surface area (Å²) in [7, 11) is 0. The molecule has 2 N–H and O–H groups in total. The maximum Gasteiger partial charge on any atom is 0.220 e. The van der Waals surface area contributed by atoms with Gasteiger partial charge >= 0.3 is 0 Å². The highest BCUT2D eigenvalue weighted by Crippen LogP contribution is 2.53. The fourth-order valence-corrected chi connectivity index (χ4v) is 4.30. The molecule has 0 unspecified atom stereocenters. The minimum Gasteiger partial charge on any atom is -0.356 e. The van der Waals surface area contributed by atoms with Crippen molar-refractivity contribution in [2.75, 3.05) is 13.1 Å². The maximum atomic E-state index is 12.2. The third kappa shape index (κ3) is 3.75. The van der Waals surface area contributed by atoms with E-state index in [1.807, 2.05) is 13.8 Å². The molecular formula is C23H28N2O2. The maximum absolute atomic E-state index is 12.2. The Morgan fingerprint density at radius 3 is 1.56 bits per heavy atom. The van der Waals surface area contributed by atoms with E-state index in [1.54, 1.807) is 0 Å². The Morgan fingerprint density at radius 1 is 0.741 bits per heavy atom. The van der Waals surface area contributed by atoms with Crippen LogP contribution in [0.2, 0.25) is 0 Å². The first-order chi connectivity index (χ1) is 13.1. The molecule has 3 rings (SSSR count). The van der Waals surface area contributed by atoms with Crippen LogP contribution in [0.4, 0.5) is 0 Å². The third-order valence-electron chi connectivity index (χ3n) is 5.48. The fourth-order valence-electron chi connectivity index (χ4n) is 4.30. The topological polar surface area (TPSA) is 58.2 Å². The average Bonchev–Trinajstić information content (AvgIpc) is 2.96. The van der Waals surface area contributed by atoms with Crippen molar-refractivity contribution in [1.82, 2.24) is 10.6 Å². The van der Waals surface area contributed by atoms with Gasteiger partial charge in [-0.05, 0) is 48.9 Å². The summed E-state index contributed by atoms with van der Waals surface area (Å²) in [5, 5.41) is 5.80. The molecule has 2 amide bonds. The Labute approximate surface area is 161 Å². The third-order valence-corrected chi connectivity index (χ3v) is 5.48. The van der Waals surface area contributed by atoms with Crippen molar-refractivity contribution in [2.45, 2.75) is 44.9 Å². The van der Waals surface area contributed by atoms with Crippen LogP contribution in [0.15, 0.2) is 48.5 Å². The van der Waals surface area contributed by atoms with Crippen molar-refractivity contribution in [1.29, 1.82) is 0 Å². The van der Waals surface area contributed by atoms with Crippen molar-refractivity contribution >= 4 is 11.8 Å². The van der Waals surface area contributed by atoms with E-state index in [1.165, 1.54) is 22.3 Å². The zero-order valence-electron chi connectivity index (χ0n) is 16.2. The minimum atomic E-state index is -0.302. The predicted octanol–water partition coefficient (Wildman–Crippen LogP) is 3.79. The second-order valence-corrected chi connectivity index (χ2v) is 7.08. The number of carbonyl (C=O) groups is 2. The molecule has 0 saturated carbocycles. The van der Waals surface area contributed by atoms with Gasteiger partial charge in [-0.15, -0.1) is 0 Å². The van der Waals surface area contributed by atoms with Crippen LogP contribution >= 0.6 is 0 Å². The lowest BCUT2D eigenvalue weighted by molar-refractivity contribution is -0.121. The van der Waals surface area contributed by atoms with Gasteiger partial charge in [0.25, 0.3) is 0 Å². The predicted molar refractivity (Wildman–Crippen MR) is 108 cm³/mol. The molecule has 2 aromatic carbocycles. The summed E-state index contributed by atoms with van der Waals surface area (Å²) in [6.45, 7) is 5.14. The summed E-state index contributed by atoms with van der Waals surface area (Å²) in [5.74, 6) is 0.133. The molecule has 27 heavy (non-hydrogen) atoms. The van der Waals surface area contributed by atoms with Crippen molar-refractivity contribution in [3.8, 4) is 11.1 Å². The van der Waals surface area contributed by atoms with Crippen LogP contribution in [-0.4, -0.2) is 24.9 Å². The van der Waals surface area contributed by atoms with Crippen molar-refractivity contribution in [3.63, 3.8) is 0 Å². The highest BCUT2D eigenvalue weighted by molar-refractivity contribution is 5.83. The summed E-state index contributed by atoms with van der Waals surface area (Å²) in [4.78, 5) is 24.4. The Morgan fingerprint density at radius 2 is 1.15 bits per heavy atom. The molecule has 0 radical (unpaired) electrons. The number of hydrogen-bond acceptors (Lipinski definition) is 2. The Bertz CT molecular complexity index is 759. The van der Waals surface area contributed by atoms with E-state index < -0.39 is 0 Å². The van der Waals surface area contributed by atoms with Crippen molar-refractivity contribution < 1.29 is 9.59 Å². The molecule has 142 valence electrons. The number of fused-ring (bicyclic) bond motifs is 3. The highest BCUT2D eigenvalue weighted by atomic mass is 16.2. The first kappa shape index (κ1) is 19.2. The van der Waals surface area contributed by atoms with E-state index in [9.17, 15) is 9.59 Å². The molecule has 0 bridgehead atoms. The van der Waals surface area contributed by atoms with Gasteiger partial charge in [-0.25, -0.2) is 0 Å². The SMILES string of the molecule is CCNC(=O)CCC1(CCC(=O)NCC)c2ccccc2-c2ccccc21. The monoisotopic (exact) mass is 364 g/mol. The molecular weight excluding hydrogens is 336 g/mol. The van der Waals surface area contributed by atoms with Gasteiger partial charge in [-0.2, -0.15) is 0 Å². The van der Waals surface area contributed by atoms with Crippen LogP contribution < -0.4 is 10.6 Å². The molecule has 2 aromatic rings. The number of benzene rings is 2. The molecule has 4 nitrogen and oxygen atoms in total. The van der Waals surface area contributed by atoms with Gasteiger partial charge in [0.2, 0.25) is 11.8 Å². The quantitative estimate of drug-likeness (QED) is 0.749. The summed E-state index contributed by atoms with van der Waals surface area (Å²) >= 11 is 0. The van der Waals surface area contributed by atoms with Crippen LogP contribution in [0.25, 0.3) is 11.1 Å². The number of nitrogens with one attached hydrogen (secondary N) is 2. The Kier molecular flexibility index (Phi) is 5.94. The van der Waals surface area contributed by atoms with Crippen molar-refractivity contribution in [2.24, 2.45) is 0 Å². The molecule has 0 fully saturated rings.